The van der Waals surface area contributed by atoms with Crippen LogP contribution < -0.4 is 20.3 Å². The first kappa shape index (κ1) is 23.4. The summed E-state index contributed by atoms with van der Waals surface area (Å²) in [6.45, 7) is 4.86. The van der Waals surface area contributed by atoms with Crippen molar-refractivity contribution >= 4 is 34.3 Å². The van der Waals surface area contributed by atoms with Crippen molar-refractivity contribution in [3.8, 4) is 17.2 Å². The predicted molar refractivity (Wildman–Crippen MR) is 135 cm³/mol. The lowest BCUT2D eigenvalue weighted by molar-refractivity contribution is -0.113. The number of thioether (sulfide) groups is 1. The van der Waals surface area contributed by atoms with Gasteiger partial charge in [0, 0.05) is 0 Å². The van der Waals surface area contributed by atoms with Gasteiger partial charge in [-0.15, -0.1) is 0 Å². The Bertz CT molecular complexity index is 1350. The largest absolute Gasteiger partial charge is 0.494 e. The number of fused-ring (bicyclic) bond motifs is 1. The average molecular weight is 476 g/mol. The number of amides is 1. The molecule has 0 unspecified atom stereocenters. The van der Waals surface area contributed by atoms with E-state index in [-0.39, 0.29) is 17.2 Å². The van der Waals surface area contributed by atoms with Crippen LogP contribution in [0.5, 0.6) is 11.5 Å². The van der Waals surface area contributed by atoms with Crippen molar-refractivity contribution in [3.63, 3.8) is 0 Å². The molecular formula is C26H25N3O4S. The Kier molecular flexibility index (Phi) is 7.49. The van der Waals surface area contributed by atoms with Crippen LogP contribution in [0.2, 0.25) is 0 Å². The molecule has 0 radical (unpaired) electrons. The molecule has 34 heavy (non-hydrogen) atoms. The first-order valence-corrected chi connectivity index (χ1v) is 12.0. The van der Waals surface area contributed by atoms with Gasteiger partial charge in [0.1, 0.15) is 11.5 Å². The van der Waals surface area contributed by atoms with E-state index < -0.39 is 0 Å². The van der Waals surface area contributed by atoms with E-state index in [0.29, 0.717) is 46.4 Å². The standard InChI is InChI=1S/C26H25N3O4S/c1-3-32-19-15-13-18(14-16-19)29-25(31)20-9-5-6-10-21(20)28-26(29)34-17-24(30)27-22-11-7-8-12-23(22)33-4-2/h5-16H,3-4,17H2,1-2H3,(H,27,30). The number of nitrogens with one attached hydrogen (secondary N) is 1. The quantitative estimate of drug-likeness (QED) is 0.274. The van der Waals surface area contributed by atoms with Crippen LogP contribution in [0.25, 0.3) is 16.6 Å². The molecule has 0 saturated heterocycles. The van der Waals surface area contributed by atoms with Gasteiger partial charge in [0.15, 0.2) is 5.16 Å². The minimum atomic E-state index is -0.224. The Morgan fingerprint density at radius 3 is 2.41 bits per heavy atom. The maximum atomic E-state index is 13.4. The molecule has 0 atom stereocenters. The van der Waals surface area contributed by atoms with Crippen molar-refractivity contribution in [2.24, 2.45) is 0 Å². The van der Waals surface area contributed by atoms with Crippen LogP contribution in [0.15, 0.2) is 82.7 Å². The number of ether oxygens (including phenoxy) is 2. The fraction of sp³-hybridized carbons (Fsp3) is 0.192. The number of nitrogens with zero attached hydrogens (tertiary/aromatic N) is 2. The third kappa shape index (κ3) is 5.23. The number of rotatable bonds is 9. The van der Waals surface area contributed by atoms with Crippen LogP contribution >= 0.6 is 11.8 Å². The zero-order valence-corrected chi connectivity index (χ0v) is 19.8. The highest BCUT2D eigenvalue weighted by molar-refractivity contribution is 7.99. The fourth-order valence-corrected chi connectivity index (χ4v) is 4.28. The van der Waals surface area contributed by atoms with Crippen LogP contribution in [0.4, 0.5) is 5.69 Å². The lowest BCUT2D eigenvalue weighted by Crippen LogP contribution is -2.23. The molecule has 0 spiro atoms. The molecule has 0 fully saturated rings. The summed E-state index contributed by atoms with van der Waals surface area (Å²) in [5, 5.41) is 3.82. The topological polar surface area (TPSA) is 82.4 Å². The number of hydrogen-bond acceptors (Lipinski definition) is 6. The van der Waals surface area contributed by atoms with Gasteiger partial charge < -0.3 is 14.8 Å². The van der Waals surface area contributed by atoms with E-state index >= 15 is 0 Å². The second kappa shape index (κ2) is 10.9. The van der Waals surface area contributed by atoms with Crippen molar-refractivity contribution < 1.29 is 14.3 Å². The summed E-state index contributed by atoms with van der Waals surface area (Å²) >= 11 is 1.20. The van der Waals surface area contributed by atoms with E-state index in [1.807, 2.05) is 62.4 Å². The molecule has 1 heterocycles. The molecule has 0 aliphatic carbocycles. The smallest absolute Gasteiger partial charge is 0.266 e. The molecule has 0 aliphatic heterocycles. The highest BCUT2D eigenvalue weighted by Crippen LogP contribution is 2.26. The summed E-state index contributed by atoms with van der Waals surface area (Å²) in [7, 11) is 0. The van der Waals surface area contributed by atoms with Crippen molar-refractivity contribution in [2.75, 3.05) is 24.3 Å². The lowest BCUT2D eigenvalue weighted by Gasteiger charge is -2.14. The third-order valence-electron chi connectivity index (χ3n) is 4.94. The molecule has 0 saturated carbocycles. The van der Waals surface area contributed by atoms with E-state index in [9.17, 15) is 9.59 Å². The minimum absolute atomic E-state index is 0.0717. The molecule has 1 amide bonds. The lowest BCUT2D eigenvalue weighted by atomic mass is 10.2. The number of para-hydroxylation sites is 3. The second-order valence-electron chi connectivity index (χ2n) is 7.25. The Balaban J connectivity index is 1.63. The van der Waals surface area contributed by atoms with Gasteiger partial charge in [-0.05, 0) is 62.4 Å². The second-order valence-corrected chi connectivity index (χ2v) is 8.19. The molecule has 3 aromatic carbocycles. The first-order valence-electron chi connectivity index (χ1n) is 11.0. The molecule has 0 bridgehead atoms. The van der Waals surface area contributed by atoms with Crippen molar-refractivity contribution in [2.45, 2.75) is 19.0 Å². The maximum Gasteiger partial charge on any atom is 0.266 e. The molecule has 4 aromatic rings. The van der Waals surface area contributed by atoms with E-state index in [1.54, 1.807) is 24.3 Å². The van der Waals surface area contributed by atoms with Crippen LogP contribution in [-0.4, -0.2) is 34.4 Å². The first-order chi connectivity index (χ1) is 16.6. The van der Waals surface area contributed by atoms with Crippen LogP contribution in [0, 0.1) is 0 Å². The summed E-state index contributed by atoms with van der Waals surface area (Å²) in [5.74, 6) is 1.17. The average Bonchev–Trinajstić information content (AvgIpc) is 2.85. The summed E-state index contributed by atoms with van der Waals surface area (Å²) in [4.78, 5) is 30.8. The Morgan fingerprint density at radius 2 is 1.65 bits per heavy atom. The Morgan fingerprint density at radius 1 is 0.941 bits per heavy atom. The van der Waals surface area contributed by atoms with Gasteiger partial charge in [-0.25, -0.2) is 4.98 Å². The fourth-order valence-electron chi connectivity index (χ4n) is 3.46. The van der Waals surface area contributed by atoms with E-state index in [0.717, 1.165) is 5.75 Å². The summed E-state index contributed by atoms with van der Waals surface area (Å²) in [6.07, 6.45) is 0. The summed E-state index contributed by atoms with van der Waals surface area (Å²) in [5.41, 5.74) is 1.64. The molecule has 0 aliphatic rings. The molecule has 174 valence electrons. The van der Waals surface area contributed by atoms with Crippen LogP contribution in [0.1, 0.15) is 13.8 Å². The van der Waals surface area contributed by atoms with Gasteiger partial charge in [0.2, 0.25) is 5.91 Å². The molecule has 1 N–H and O–H groups in total. The number of hydrogen-bond donors (Lipinski definition) is 1. The summed E-state index contributed by atoms with van der Waals surface area (Å²) in [6, 6.07) is 21.7. The predicted octanol–water partition coefficient (Wildman–Crippen LogP) is 4.91. The molecular weight excluding hydrogens is 450 g/mol. The summed E-state index contributed by atoms with van der Waals surface area (Å²) < 4.78 is 12.6. The SMILES string of the molecule is CCOc1ccc(-n2c(SCC(=O)Nc3ccccc3OCC)nc3ccccc3c2=O)cc1. The van der Waals surface area contributed by atoms with Crippen molar-refractivity contribution in [1.82, 2.24) is 9.55 Å². The number of aromatic nitrogens is 2. The zero-order valence-electron chi connectivity index (χ0n) is 19.0. The van der Waals surface area contributed by atoms with Crippen molar-refractivity contribution in [3.05, 3.63) is 83.2 Å². The third-order valence-corrected chi connectivity index (χ3v) is 5.88. The monoisotopic (exact) mass is 475 g/mol. The van der Waals surface area contributed by atoms with Gasteiger partial charge in [0.25, 0.3) is 5.56 Å². The number of anilines is 1. The number of carbonyl (C=O) groups is 1. The van der Waals surface area contributed by atoms with Gasteiger partial charge in [-0.2, -0.15) is 0 Å². The van der Waals surface area contributed by atoms with Crippen LogP contribution in [-0.2, 0) is 4.79 Å². The van der Waals surface area contributed by atoms with E-state index in [1.165, 1.54) is 16.3 Å². The molecule has 4 rings (SSSR count). The van der Waals surface area contributed by atoms with Crippen LogP contribution in [0.3, 0.4) is 0 Å². The number of carbonyl (C=O) groups excluding carboxylic acids is 1. The minimum Gasteiger partial charge on any atom is -0.494 e. The highest BCUT2D eigenvalue weighted by atomic mass is 32.2. The number of benzene rings is 3. The van der Waals surface area contributed by atoms with Gasteiger partial charge >= 0.3 is 0 Å². The Hall–Kier alpha value is -3.78. The highest BCUT2D eigenvalue weighted by Gasteiger charge is 2.16. The zero-order chi connectivity index (χ0) is 23.9. The molecule has 7 nitrogen and oxygen atoms in total. The van der Waals surface area contributed by atoms with Gasteiger partial charge in [0.05, 0.1) is 41.2 Å². The molecule has 1 aromatic heterocycles. The van der Waals surface area contributed by atoms with Crippen molar-refractivity contribution in [1.29, 1.82) is 0 Å². The van der Waals surface area contributed by atoms with Gasteiger partial charge in [-0.3, -0.25) is 14.2 Å². The van der Waals surface area contributed by atoms with Gasteiger partial charge in [-0.1, -0.05) is 36.0 Å². The molecule has 8 heteroatoms. The Labute approximate surface area is 201 Å². The maximum absolute atomic E-state index is 13.4. The van der Waals surface area contributed by atoms with E-state index in [2.05, 4.69) is 10.3 Å². The van der Waals surface area contributed by atoms with E-state index in [4.69, 9.17) is 9.47 Å². The normalized spacial score (nSPS) is 10.8.